The van der Waals surface area contributed by atoms with E-state index in [-0.39, 0.29) is 34.1 Å². The Kier molecular flexibility index (Phi) is 4.83. The number of carbonyl (C=O) groups excluding carboxylic acids is 1. The first-order valence-corrected chi connectivity index (χ1v) is 7.06. The largest absolute Gasteiger partial charge is 0.481 e. The van der Waals surface area contributed by atoms with Crippen LogP contribution in [-0.2, 0) is 4.79 Å². The van der Waals surface area contributed by atoms with Gasteiger partial charge in [-0.25, -0.2) is 4.98 Å². The molecule has 1 aromatic rings. The molecule has 1 aromatic heterocycles. The van der Waals surface area contributed by atoms with Gasteiger partial charge in [-0.3, -0.25) is 9.59 Å². The number of rotatable bonds is 4. The maximum absolute atomic E-state index is 12.3. The molecule has 1 atom stereocenters. The summed E-state index contributed by atoms with van der Waals surface area (Å²) in [5, 5.41) is 9.16. The Balaban J connectivity index is 2.00. The molecule has 0 aliphatic carbocycles. The third-order valence-corrected chi connectivity index (χ3v) is 3.87. The van der Waals surface area contributed by atoms with Crippen molar-refractivity contribution in [3.63, 3.8) is 0 Å². The van der Waals surface area contributed by atoms with E-state index in [1.54, 1.807) is 11.0 Å². The number of carbonyl (C=O) groups is 2. The summed E-state index contributed by atoms with van der Waals surface area (Å²) in [6.07, 6.45) is 1.51. The molecule has 7 heteroatoms. The van der Waals surface area contributed by atoms with Crippen LogP contribution < -0.4 is 0 Å². The van der Waals surface area contributed by atoms with Gasteiger partial charge in [-0.15, -0.1) is 0 Å². The highest BCUT2D eigenvalue weighted by atomic mass is 35.5. The normalized spacial score (nSPS) is 18.3. The molecular weight excluding hydrogens is 303 g/mol. The smallest absolute Gasteiger partial charge is 0.303 e. The fraction of sp³-hybridized carbons (Fsp3) is 0.462. The van der Waals surface area contributed by atoms with Crippen molar-refractivity contribution in [1.82, 2.24) is 9.88 Å². The molecule has 0 saturated carbocycles. The van der Waals surface area contributed by atoms with Crippen LogP contribution in [0.3, 0.4) is 0 Å². The second-order valence-electron chi connectivity index (χ2n) is 4.80. The minimum Gasteiger partial charge on any atom is -0.481 e. The van der Waals surface area contributed by atoms with Crippen LogP contribution in [0.25, 0.3) is 0 Å². The predicted octanol–water partition coefficient (Wildman–Crippen LogP) is 2.72. The van der Waals surface area contributed by atoms with Gasteiger partial charge in [0.05, 0.1) is 5.02 Å². The van der Waals surface area contributed by atoms with E-state index < -0.39 is 5.97 Å². The zero-order valence-electron chi connectivity index (χ0n) is 10.7. The van der Waals surface area contributed by atoms with E-state index in [1.807, 2.05) is 0 Å². The number of amides is 1. The third kappa shape index (κ3) is 3.61. The summed E-state index contributed by atoms with van der Waals surface area (Å²) in [6.45, 7) is 1.13. The first-order chi connectivity index (χ1) is 9.47. The van der Waals surface area contributed by atoms with Gasteiger partial charge in [0.1, 0.15) is 10.8 Å². The van der Waals surface area contributed by atoms with Gasteiger partial charge in [0.2, 0.25) is 0 Å². The summed E-state index contributed by atoms with van der Waals surface area (Å²) >= 11 is 11.7. The second kappa shape index (κ2) is 6.41. The van der Waals surface area contributed by atoms with E-state index in [2.05, 4.69) is 4.98 Å². The van der Waals surface area contributed by atoms with Crippen molar-refractivity contribution >= 4 is 35.1 Å². The summed E-state index contributed by atoms with van der Waals surface area (Å²) in [5.74, 6) is -0.849. The lowest BCUT2D eigenvalue weighted by atomic mass is 10.0. The minimum absolute atomic E-state index is 0.128. The molecule has 1 fully saturated rings. The predicted molar refractivity (Wildman–Crippen MR) is 75.1 cm³/mol. The van der Waals surface area contributed by atoms with Crippen molar-refractivity contribution in [2.45, 2.75) is 19.3 Å². The molecule has 1 aliphatic rings. The van der Waals surface area contributed by atoms with Gasteiger partial charge in [0.15, 0.2) is 0 Å². The van der Waals surface area contributed by atoms with Crippen molar-refractivity contribution in [1.29, 1.82) is 0 Å². The highest BCUT2D eigenvalue weighted by Crippen LogP contribution is 2.25. The molecule has 1 saturated heterocycles. The van der Waals surface area contributed by atoms with Gasteiger partial charge in [0, 0.05) is 19.5 Å². The highest BCUT2D eigenvalue weighted by molar-refractivity contribution is 6.34. The minimum atomic E-state index is -0.811. The van der Waals surface area contributed by atoms with E-state index in [9.17, 15) is 9.59 Å². The van der Waals surface area contributed by atoms with Crippen LogP contribution in [0, 0.1) is 5.92 Å². The van der Waals surface area contributed by atoms with E-state index in [4.69, 9.17) is 28.3 Å². The average Bonchev–Trinajstić information content (AvgIpc) is 2.87. The summed E-state index contributed by atoms with van der Waals surface area (Å²) in [6, 6.07) is 3.07. The number of halogens is 2. The van der Waals surface area contributed by atoms with Crippen molar-refractivity contribution in [2.24, 2.45) is 5.92 Å². The maximum atomic E-state index is 12.3. The molecule has 5 nitrogen and oxygen atoms in total. The summed E-state index contributed by atoms with van der Waals surface area (Å²) in [5.41, 5.74) is 0.151. The number of carboxylic acid groups (broad SMARTS) is 1. The molecule has 1 aliphatic heterocycles. The standard InChI is InChI=1S/C13H14Cl2N2O3/c14-9-2-3-10(15)16-12(9)13(20)17-6-5-8(7-17)1-4-11(18)19/h2-3,8H,1,4-7H2,(H,18,19). The first-order valence-electron chi connectivity index (χ1n) is 6.30. The number of pyridine rings is 1. The lowest BCUT2D eigenvalue weighted by Gasteiger charge is -2.16. The van der Waals surface area contributed by atoms with Crippen molar-refractivity contribution in [2.75, 3.05) is 13.1 Å². The molecule has 0 aromatic carbocycles. The Hall–Kier alpha value is -1.33. The molecule has 1 N–H and O–H groups in total. The van der Waals surface area contributed by atoms with Crippen LogP contribution in [0.2, 0.25) is 10.2 Å². The Morgan fingerprint density at radius 1 is 1.40 bits per heavy atom. The van der Waals surface area contributed by atoms with Crippen molar-refractivity contribution < 1.29 is 14.7 Å². The Bertz CT molecular complexity index is 536. The molecule has 1 unspecified atom stereocenters. The van der Waals surface area contributed by atoms with Crippen LogP contribution in [0.4, 0.5) is 0 Å². The van der Waals surface area contributed by atoms with Crippen LogP contribution in [0.5, 0.6) is 0 Å². The topological polar surface area (TPSA) is 70.5 Å². The number of nitrogens with zero attached hydrogens (tertiary/aromatic N) is 2. The number of likely N-dealkylation sites (tertiary alicyclic amines) is 1. The van der Waals surface area contributed by atoms with Gasteiger partial charge in [-0.05, 0) is 30.9 Å². The lowest BCUT2D eigenvalue weighted by molar-refractivity contribution is -0.137. The zero-order valence-corrected chi connectivity index (χ0v) is 12.2. The fourth-order valence-electron chi connectivity index (χ4n) is 2.30. The SMILES string of the molecule is O=C(O)CCC1CCN(C(=O)c2nc(Cl)ccc2Cl)C1. The Morgan fingerprint density at radius 3 is 2.85 bits per heavy atom. The molecule has 0 radical (unpaired) electrons. The maximum Gasteiger partial charge on any atom is 0.303 e. The number of carboxylic acids is 1. The average molecular weight is 317 g/mol. The highest BCUT2D eigenvalue weighted by Gasteiger charge is 2.29. The van der Waals surface area contributed by atoms with Crippen LogP contribution in [0.1, 0.15) is 29.8 Å². The van der Waals surface area contributed by atoms with Crippen molar-refractivity contribution in [3.05, 3.63) is 28.0 Å². The zero-order chi connectivity index (χ0) is 14.7. The lowest BCUT2D eigenvalue weighted by Crippen LogP contribution is -2.29. The molecule has 2 heterocycles. The van der Waals surface area contributed by atoms with E-state index in [0.717, 1.165) is 6.42 Å². The summed E-state index contributed by atoms with van der Waals surface area (Å²) in [4.78, 5) is 28.5. The monoisotopic (exact) mass is 316 g/mol. The Labute approximate surface area is 126 Å². The summed E-state index contributed by atoms with van der Waals surface area (Å²) in [7, 11) is 0. The fourth-order valence-corrected chi connectivity index (χ4v) is 2.63. The van der Waals surface area contributed by atoms with Gasteiger partial charge >= 0.3 is 5.97 Å². The molecule has 0 spiro atoms. The molecule has 108 valence electrons. The summed E-state index contributed by atoms with van der Waals surface area (Å²) < 4.78 is 0. The molecule has 20 heavy (non-hydrogen) atoms. The van der Waals surface area contributed by atoms with Crippen LogP contribution in [0.15, 0.2) is 12.1 Å². The number of aromatic nitrogens is 1. The van der Waals surface area contributed by atoms with E-state index >= 15 is 0 Å². The molecule has 1 amide bonds. The van der Waals surface area contributed by atoms with Crippen LogP contribution >= 0.6 is 23.2 Å². The van der Waals surface area contributed by atoms with Gasteiger partial charge in [0.25, 0.3) is 5.91 Å². The Morgan fingerprint density at radius 2 is 2.15 bits per heavy atom. The third-order valence-electron chi connectivity index (χ3n) is 3.35. The molecule has 2 rings (SSSR count). The van der Waals surface area contributed by atoms with Gasteiger partial charge in [-0.2, -0.15) is 0 Å². The van der Waals surface area contributed by atoms with E-state index in [0.29, 0.717) is 19.5 Å². The van der Waals surface area contributed by atoms with Crippen molar-refractivity contribution in [3.8, 4) is 0 Å². The van der Waals surface area contributed by atoms with Gasteiger partial charge < -0.3 is 10.0 Å². The van der Waals surface area contributed by atoms with E-state index in [1.165, 1.54) is 6.07 Å². The number of hydrogen-bond donors (Lipinski definition) is 1. The number of aliphatic carboxylic acids is 1. The quantitative estimate of drug-likeness (QED) is 0.867. The second-order valence-corrected chi connectivity index (χ2v) is 5.60. The molecular formula is C13H14Cl2N2O3. The first kappa shape index (κ1) is 15.1. The van der Waals surface area contributed by atoms with Gasteiger partial charge in [-0.1, -0.05) is 23.2 Å². The molecule has 0 bridgehead atoms. The number of hydrogen-bond acceptors (Lipinski definition) is 3. The van der Waals surface area contributed by atoms with Crippen LogP contribution in [-0.4, -0.2) is 40.0 Å².